The van der Waals surface area contributed by atoms with Crippen molar-refractivity contribution >= 4 is 11.6 Å². The molecule has 0 aromatic carbocycles. The summed E-state index contributed by atoms with van der Waals surface area (Å²) in [5, 5.41) is 10.5. The summed E-state index contributed by atoms with van der Waals surface area (Å²) in [7, 11) is 0. The largest absolute Gasteiger partial charge is 0.388 e. The Bertz CT molecular complexity index is 421. The van der Waals surface area contributed by atoms with E-state index in [4.69, 9.17) is 0 Å². The van der Waals surface area contributed by atoms with Crippen molar-refractivity contribution < 1.29 is 14.7 Å². The van der Waals surface area contributed by atoms with Crippen molar-refractivity contribution in [3.8, 4) is 0 Å². The summed E-state index contributed by atoms with van der Waals surface area (Å²) in [6, 6.07) is 0. The first-order valence-electron chi connectivity index (χ1n) is 6.73. The predicted octanol–water partition coefficient (Wildman–Crippen LogP) is 2.13. The average Bonchev–Trinajstić information content (AvgIpc) is 2.48. The number of rotatable bonds is 1. The molecular weight excluding hydrogens is 228 g/mol. The number of hydrogen-bond donors (Lipinski definition) is 1. The van der Waals surface area contributed by atoms with Gasteiger partial charge in [0, 0.05) is 24.2 Å². The molecule has 0 bridgehead atoms. The first-order valence-corrected chi connectivity index (χ1v) is 6.73. The van der Waals surface area contributed by atoms with Gasteiger partial charge in [-0.15, -0.1) is 0 Å². The topological polar surface area (TPSA) is 54.4 Å². The van der Waals surface area contributed by atoms with Crippen LogP contribution in [-0.4, -0.2) is 22.8 Å². The van der Waals surface area contributed by atoms with E-state index in [2.05, 4.69) is 0 Å². The number of hydrogen-bond acceptors (Lipinski definition) is 3. The number of aliphatic hydroxyl groups is 1. The van der Waals surface area contributed by atoms with Gasteiger partial charge in [-0.25, -0.2) is 0 Å². The third kappa shape index (κ3) is 1.68. The molecule has 3 nitrogen and oxygen atoms in total. The van der Waals surface area contributed by atoms with E-state index >= 15 is 0 Å². The van der Waals surface area contributed by atoms with E-state index in [1.165, 1.54) is 0 Å². The summed E-state index contributed by atoms with van der Waals surface area (Å²) in [6.45, 7) is 7.74. The average molecular weight is 250 g/mol. The quantitative estimate of drug-likeness (QED) is 0.775. The molecule has 4 atom stereocenters. The Hall–Kier alpha value is -0.960. The smallest absolute Gasteiger partial charge is 0.159 e. The molecular formula is C15H22O3. The minimum atomic E-state index is -0.677. The van der Waals surface area contributed by atoms with Gasteiger partial charge in [0.15, 0.2) is 5.78 Å². The van der Waals surface area contributed by atoms with Gasteiger partial charge in [-0.2, -0.15) is 0 Å². The Morgan fingerprint density at radius 3 is 2.56 bits per heavy atom. The Kier molecular flexibility index (Phi) is 3.22. The first-order chi connectivity index (χ1) is 8.30. The van der Waals surface area contributed by atoms with Crippen molar-refractivity contribution in [2.24, 2.45) is 23.2 Å². The lowest BCUT2D eigenvalue weighted by molar-refractivity contribution is -0.131. The summed E-state index contributed by atoms with van der Waals surface area (Å²) in [5.74, 6) is 0.318. The summed E-state index contributed by atoms with van der Waals surface area (Å²) < 4.78 is 0. The minimum Gasteiger partial charge on any atom is -0.388 e. The molecule has 0 aromatic heterocycles. The molecule has 1 fully saturated rings. The highest BCUT2D eigenvalue weighted by atomic mass is 16.3. The van der Waals surface area contributed by atoms with E-state index in [9.17, 15) is 14.7 Å². The highest BCUT2D eigenvalue weighted by Gasteiger charge is 2.59. The van der Waals surface area contributed by atoms with E-state index in [0.717, 1.165) is 0 Å². The second-order valence-electron chi connectivity index (χ2n) is 6.30. The van der Waals surface area contributed by atoms with Crippen LogP contribution in [0.3, 0.4) is 0 Å². The van der Waals surface area contributed by atoms with E-state index in [1.807, 2.05) is 20.8 Å². The lowest BCUT2D eigenvalue weighted by atomic mass is 9.60. The maximum absolute atomic E-state index is 12.2. The minimum absolute atomic E-state index is 0.0701. The van der Waals surface area contributed by atoms with Gasteiger partial charge in [0.1, 0.15) is 5.78 Å². The lowest BCUT2D eigenvalue weighted by Crippen LogP contribution is -2.48. The van der Waals surface area contributed by atoms with Crippen LogP contribution < -0.4 is 0 Å². The van der Waals surface area contributed by atoms with Crippen LogP contribution in [0, 0.1) is 23.2 Å². The summed E-state index contributed by atoms with van der Waals surface area (Å²) in [5.41, 5.74) is 0.0594. The third-order valence-corrected chi connectivity index (χ3v) is 4.88. The van der Waals surface area contributed by atoms with Gasteiger partial charge in [0.2, 0.25) is 0 Å². The summed E-state index contributed by atoms with van der Waals surface area (Å²) in [6.07, 6.45) is 1.77. The van der Waals surface area contributed by atoms with Gasteiger partial charge in [0.05, 0.1) is 6.10 Å². The van der Waals surface area contributed by atoms with Gasteiger partial charge in [0.25, 0.3) is 0 Å². The monoisotopic (exact) mass is 250 g/mol. The molecule has 2 rings (SSSR count). The van der Waals surface area contributed by atoms with Crippen molar-refractivity contribution in [1.82, 2.24) is 0 Å². The standard InChI is InChI=1S/C15H22O3/c1-8(2)14-11(16)6-10(4)15(14)7-12(17)9(3)5-13(15)18/h5,8,10,13-14,18H,6-7H2,1-4H3/t10-,13+,14-,15-/m0/s1. The number of aliphatic hydroxyl groups excluding tert-OH is 1. The van der Waals surface area contributed by atoms with Crippen LogP contribution in [0.5, 0.6) is 0 Å². The van der Waals surface area contributed by atoms with Crippen molar-refractivity contribution in [3.63, 3.8) is 0 Å². The fourth-order valence-corrected chi connectivity index (χ4v) is 3.98. The van der Waals surface area contributed by atoms with Crippen LogP contribution in [-0.2, 0) is 9.59 Å². The molecule has 2 aliphatic carbocycles. The Labute approximate surface area is 108 Å². The van der Waals surface area contributed by atoms with Gasteiger partial charge < -0.3 is 5.11 Å². The Morgan fingerprint density at radius 2 is 2.00 bits per heavy atom. The fourth-order valence-electron chi connectivity index (χ4n) is 3.98. The van der Waals surface area contributed by atoms with Crippen LogP contribution in [0.15, 0.2) is 11.6 Å². The van der Waals surface area contributed by atoms with Crippen molar-refractivity contribution in [1.29, 1.82) is 0 Å². The summed E-state index contributed by atoms with van der Waals surface area (Å²) >= 11 is 0. The lowest BCUT2D eigenvalue weighted by Gasteiger charge is -2.44. The Balaban J connectivity index is 2.51. The predicted molar refractivity (Wildman–Crippen MR) is 68.9 cm³/mol. The van der Waals surface area contributed by atoms with E-state index < -0.39 is 11.5 Å². The zero-order valence-corrected chi connectivity index (χ0v) is 11.6. The molecule has 2 aliphatic rings. The van der Waals surface area contributed by atoms with Crippen molar-refractivity contribution in [2.75, 3.05) is 0 Å². The number of allylic oxidation sites excluding steroid dienone is 1. The SMILES string of the molecule is CC1=C[C@@H](O)[C@@]2(CC1=O)[C@@H](C(C)C)C(=O)C[C@@H]2C. The number of ketones is 2. The molecule has 0 unspecified atom stereocenters. The van der Waals surface area contributed by atoms with Crippen molar-refractivity contribution in [2.45, 2.75) is 46.6 Å². The van der Waals surface area contributed by atoms with E-state index in [1.54, 1.807) is 13.0 Å². The van der Waals surface area contributed by atoms with E-state index in [0.29, 0.717) is 18.4 Å². The zero-order valence-electron chi connectivity index (χ0n) is 11.6. The van der Waals surface area contributed by atoms with Crippen LogP contribution >= 0.6 is 0 Å². The molecule has 0 radical (unpaired) electrons. The Morgan fingerprint density at radius 1 is 1.39 bits per heavy atom. The van der Waals surface area contributed by atoms with Gasteiger partial charge in [-0.1, -0.05) is 20.8 Å². The molecule has 0 saturated heterocycles. The van der Waals surface area contributed by atoms with Crippen molar-refractivity contribution in [3.05, 3.63) is 11.6 Å². The maximum atomic E-state index is 12.2. The number of carbonyl (C=O) groups excluding carboxylic acids is 2. The first kappa shape index (κ1) is 13.5. The molecule has 1 spiro atoms. The number of carbonyl (C=O) groups is 2. The molecule has 1 saturated carbocycles. The molecule has 1 N–H and O–H groups in total. The number of Topliss-reactive ketones (excluding diaryl/α,β-unsaturated/α-hetero) is 2. The second kappa shape index (κ2) is 4.30. The zero-order chi connectivity index (χ0) is 13.7. The molecule has 0 aromatic rings. The molecule has 0 aliphatic heterocycles. The fraction of sp³-hybridized carbons (Fsp3) is 0.733. The maximum Gasteiger partial charge on any atom is 0.159 e. The second-order valence-corrected chi connectivity index (χ2v) is 6.30. The highest BCUT2D eigenvalue weighted by Crippen LogP contribution is 2.55. The molecule has 0 heterocycles. The van der Waals surface area contributed by atoms with Gasteiger partial charge in [-0.3, -0.25) is 9.59 Å². The summed E-state index contributed by atoms with van der Waals surface area (Å²) in [4.78, 5) is 24.2. The van der Waals surface area contributed by atoms with Gasteiger partial charge >= 0.3 is 0 Å². The van der Waals surface area contributed by atoms with Crippen LogP contribution in [0.25, 0.3) is 0 Å². The molecule has 100 valence electrons. The molecule has 3 heteroatoms. The highest BCUT2D eigenvalue weighted by molar-refractivity contribution is 5.98. The molecule has 0 amide bonds. The van der Waals surface area contributed by atoms with Gasteiger partial charge in [-0.05, 0) is 30.4 Å². The van der Waals surface area contributed by atoms with Crippen LogP contribution in [0.4, 0.5) is 0 Å². The van der Waals surface area contributed by atoms with E-state index in [-0.39, 0.29) is 29.3 Å². The normalized spacial score (nSPS) is 40.8. The van der Waals surface area contributed by atoms with Crippen LogP contribution in [0.2, 0.25) is 0 Å². The molecule has 18 heavy (non-hydrogen) atoms. The third-order valence-electron chi connectivity index (χ3n) is 4.88. The van der Waals surface area contributed by atoms with Crippen LogP contribution in [0.1, 0.15) is 40.5 Å².